The molecule has 0 atom stereocenters. The van der Waals surface area contributed by atoms with Crippen LogP contribution >= 0.6 is 0 Å². The Labute approximate surface area is 97.6 Å². The van der Waals surface area contributed by atoms with Crippen LogP contribution < -0.4 is 10.5 Å². The lowest BCUT2D eigenvalue weighted by molar-refractivity contribution is 0.237. The zero-order valence-corrected chi connectivity index (χ0v) is 9.53. The Hall–Kier alpha value is -1.23. The van der Waals surface area contributed by atoms with Crippen LogP contribution in [-0.4, -0.2) is 13.7 Å². The van der Waals surface area contributed by atoms with Gasteiger partial charge >= 0.3 is 0 Å². The van der Waals surface area contributed by atoms with E-state index in [0.717, 1.165) is 25.3 Å². The number of benzene rings is 1. The van der Waals surface area contributed by atoms with Crippen molar-refractivity contribution in [3.63, 3.8) is 0 Å². The Morgan fingerprint density at radius 1 is 1.29 bits per heavy atom. The molecule has 5 heteroatoms. The number of hydrogen-bond acceptors (Lipinski definition) is 2. The second-order valence-electron chi connectivity index (χ2n) is 4.41. The van der Waals surface area contributed by atoms with E-state index in [9.17, 15) is 13.2 Å². The molecule has 0 aliphatic heterocycles. The van der Waals surface area contributed by atoms with Crippen molar-refractivity contribution in [2.45, 2.75) is 24.7 Å². The Morgan fingerprint density at radius 2 is 1.94 bits per heavy atom. The molecule has 2 nitrogen and oxygen atoms in total. The maximum absolute atomic E-state index is 13.6. The van der Waals surface area contributed by atoms with Crippen molar-refractivity contribution in [3.8, 4) is 5.75 Å². The minimum absolute atomic E-state index is 0.228. The average Bonchev–Trinajstić information content (AvgIpc) is 2.26. The molecule has 0 unspecified atom stereocenters. The summed E-state index contributed by atoms with van der Waals surface area (Å²) < 4.78 is 44.8. The van der Waals surface area contributed by atoms with Crippen LogP contribution in [0.4, 0.5) is 13.2 Å². The smallest absolute Gasteiger partial charge is 0.203 e. The fourth-order valence-corrected chi connectivity index (χ4v) is 2.36. The van der Waals surface area contributed by atoms with Gasteiger partial charge in [-0.25, -0.2) is 8.78 Å². The molecule has 0 heterocycles. The lowest BCUT2D eigenvalue weighted by Gasteiger charge is -2.42. The maximum atomic E-state index is 13.6. The van der Waals surface area contributed by atoms with Crippen LogP contribution in [0.3, 0.4) is 0 Å². The van der Waals surface area contributed by atoms with Crippen LogP contribution in [0.25, 0.3) is 0 Å². The van der Waals surface area contributed by atoms with Crippen LogP contribution in [-0.2, 0) is 5.41 Å². The van der Waals surface area contributed by atoms with E-state index in [0.29, 0.717) is 5.56 Å². The number of ether oxygens (including phenoxy) is 1. The predicted molar refractivity (Wildman–Crippen MR) is 57.5 cm³/mol. The van der Waals surface area contributed by atoms with Gasteiger partial charge in [-0.3, -0.25) is 0 Å². The van der Waals surface area contributed by atoms with E-state index in [1.165, 1.54) is 7.11 Å². The van der Waals surface area contributed by atoms with E-state index in [1.807, 2.05) is 0 Å². The maximum Gasteiger partial charge on any atom is 0.203 e. The number of methoxy groups -OCH3 is 1. The first-order valence-corrected chi connectivity index (χ1v) is 5.48. The number of halogens is 3. The lowest BCUT2D eigenvalue weighted by atomic mass is 9.64. The molecule has 0 bridgehead atoms. The Balaban J connectivity index is 2.60. The third kappa shape index (κ3) is 1.69. The molecule has 2 rings (SSSR count). The first-order chi connectivity index (χ1) is 8.05. The fraction of sp³-hybridized carbons (Fsp3) is 0.500. The van der Waals surface area contributed by atoms with Gasteiger partial charge < -0.3 is 10.5 Å². The molecule has 94 valence electrons. The third-order valence-corrected chi connectivity index (χ3v) is 3.59. The van der Waals surface area contributed by atoms with Gasteiger partial charge in [0.15, 0.2) is 17.4 Å². The monoisotopic (exact) mass is 245 g/mol. The third-order valence-electron chi connectivity index (χ3n) is 3.59. The molecule has 0 amide bonds. The fourth-order valence-electron chi connectivity index (χ4n) is 2.36. The average molecular weight is 245 g/mol. The summed E-state index contributed by atoms with van der Waals surface area (Å²) >= 11 is 0. The van der Waals surface area contributed by atoms with Gasteiger partial charge in [0.25, 0.3) is 0 Å². The summed E-state index contributed by atoms with van der Waals surface area (Å²) in [6.45, 7) is 0.272. The van der Waals surface area contributed by atoms with Gasteiger partial charge in [-0.15, -0.1) is 0 Å². The standard InChI is InChI=1S/C12H14F3NO/c1-17-11-7(12(6-16)3-2-4-12)5-8(13)9(14)10(11)15/h5H,2-4,6,16H2,1H3. The van der Waals surface area contributed by atoms with Crippen molar-refractivity contribution in [2.75, 3.05) is 13.7 Å². The van der Waals surface area contributed by atoms with Crippen LogP contribution in [0, 0.1) is 17.5 Å². The molecule has 17 heavy (non-hydrogen) atoms. The molecule has 1 aliphatic rings. The Bertz CT molecular complexity index is 438. The van der Waals surface area contributed by atoms with Crippen LogP contribution in [0.2, 0.25) is 0 Å². The number of hydrogen-bond donors (Lipinski definition) is 1. The van der Waals surface area contributed by atoms with Crippen LogP contribution in [0.15, 0.2) is 6.07 Å². The SMILES string of the molecule is COc1c(C2(CN)CCC2)cc(F)c(F)c1F. The van der Waals surface area contributed by atoms with E-state index in [4.69, 9.17) is 10.5 Å². The van der Waals surface area contributed by atoms with Gasteiger partial charge in [0.2, 0.25) is 5.82 Å². The minimum Gasteiger partial charge on any atom is -0.493 e. The topological polar surface area (TPSA) is 35.2 Å². The van der Waals surface area contributed by atoms with E-state index < -0.39 is 22.9 Å². The van der Waals surface area contributed by atoms with Crippen molar-refractivity contribution >= 4 is 0 Å². The minimum atomic E-state index is -1.50. The molecule has 2 N–H and O–H groups in total. The molecule has 1 aliphatic carbocycles. The van der Waals surface area contributed by atoms with Crippen molar-refractivity contribution in [3.05, 3.63) is 29.1 Å². The molecule has 0 radical (unpaired) electrons. The highest BCUT2D eigenvalue weighted by Gasteiger charge is 2.41. The first kappa shape index (κ1) is 12.2. The van der Waals surface area contributed by atoms with Gasteiger partial charge in [-0.05, 0) is 18.9 Å². The summed E-state index contributed by atoms with van der Waals surface area (Å²) in [4.78, 5) is 0. The Kier molecular flexibility index (Phi) is 3.03. The summed E-state index contributed by atoms with van der Waals surface area (Å²) in [5, 5.41) is 0. The quantitative estimate of drug-likeness (QED) is 0.830. The molecular formula is C12H14F3NO. The van der Waals surface area contributed by atoms with Crippen molar-refractivity contribution in [2.24, 2.45) is 5.73 Å². The summed E-state index contributed by atoms with van der Waals surface area (Å²) in [5.41, 5.74) is 5.54. The van der Waals surface area contributed by atoms with Crippen LogP contribution in [0.1, 0.15) is 24.8 Å². The van der Waals surface area contributed by atoms with E-state index >= 15 is 0 Å². The van der Waals surface area contributed by atoms with Crippen molar-refractivity contribution in [1.29, 1.82) is 0 Å². The van der Waals surface area contributed by atoms with Gasteiger partial charge in [-0.1, -0.05) is 6.42 Å². The largest absolute Gasteiger partial charge is 0.493 e. The molecule has 0 aromatic heterocycles. The summed E-state index contributed by atoms with van der Waals surface area (Å²) in [5.74, 6) is -4.20. The predicted octanol–water partition coefficient (Wildman–Crippen LogP) is 2.49. The summed E-state index contributed by atoms with van der Waals surface area (Å²) in [6, 6.07) is 1.00. The van der Waals surface area contributed by atoms with Crippen molar-refractivity contribution < 1.29 is 17.9 Å². The van der Waals surface area contributed by atoms with E-state index in [1.54, 1.807) is 0 Å². The molecule has 1 saturated carbocycles. The zero-order chi connectivity index (χ0) is 12.6. The lowest BCUT2D eigenvalue weighted by Crippen LogP contribution is -2.42. The normalized spacial score (nSPS) is 17.7. The van der Waals surface area contributed by atoms with Crippen molar-refractivity contribution in [1.82, 2.24) is 0 Å². The molecule has 1 fully saturated rings. The molecule has 0 saturated heterocycles. The highest BCUT2D eigenvalue weighted by molar-refractivity contribution is 5.43. The number of rotatable bonds is 3. The van der Waals surface area contributed by atoms with Crippen LogP contribution in [0.5, 0.6) is 5.75 Å². The molecule has 0 spiro atoms. The highest BCUT2D eigenvalue weighted by Crippen LogP contribution is 2.47. The number of nitrogens with two attached hydrogens (primary N) is 1. The second-order valence-corrected chi connectivity index (χ2v) is 4.41. The van der Waals surface area contributed by atoms with E-state index in [-0.39, 0.29) is 12.3 Å². The molecule has 1 aromatic rings. The van der Waals surface area contributed by atoms with Gasteiger partial charge in [0.05, 0.1) is 7.11 Å². The summed E-state index contributed by atoms with van der Waals surface area (Å²) in [7, 11) is 1.24. The highest BCUT2D eigenvalue weighted by atomic mass is 19.2. The Morgan fingerprint density at radius 3 is 2.35 bits per heavy atom. The molecule has 1 aromatic carbocycles. The van der Waals surface area contributed by atoms with Gasteiger partial charge in [-0.2, -0.15) is 4.39 Å². The van der Waals surface area contributed by atoms with E-state index in [2.05, 4.69) is 0 Å². The zero-order valence-electron chi connectivity index (χ0n) is 9.53. The van der Waals surface area contributed by atoms with Gasteiger partial charge in [0.1, 0.15) is 0 Å². The van der Waals surface area contributed by atoms with Gasteiger partial charge in [0, 0.05) is 17.5 Å². The second kappa shape index (κ2) is 4.22. The summed E-state index contributed by atoms with van der Waals surface area (Å²) in [6.07, 6.45) is 2.43. The molecular weight excluding hydrogens is 231 g/mol. The first-order valence-electron chi connectivity index (χ1n) is 5.48.